The number of benzene rings is 1. The Hall–Kier alpha value is -1.39. The van der Waals surface area contributed by atoms with Crippen molar-refractivity contribution in [2.45, 2.75) is 71.8 Å². The van der Waals surface area contributed by atoms with Gasteiger partial charge in [0.2, 0.25) is 0 Å². The summed E-state index contributed by atoms with van der Waals surface area (Å²) in [5.41, 5.74) is 9.40. The predicted octanol–water partition coefficient (Wildman–Crippen LogP) is 6.13. The Morgan fingerprint density at radius 3 is 2.56 bits per heavy atom. The SMILES string of the molecule is CCCCCCCCc1ccc(OCC)c(-c2csc(C(C)N)n2)c1. The van der Waals surface area contributed by atoms with Crippen LogP contribution in [0.1, 0.15) is 75.9 Å². The van der Waals surface area contributed by atoms with Crippen molar-refractivity contribution in [3.8, 4) is 17.0 Å². The quantitative estimate of drug-likeness (QED) is 0.490. The lowest BCUT2D eigenvalue weighted by molar-refractivity contribution is 0.341. The van der Waals surface area contributed by atoms with E-state index in [0.29, 0.717) is 6.61 Å². The highest BCUT2D eigenvalue weighted by molar-refractivity contribution is 7.10. The highest BCUT2D eigenvalue weighted by Gasteiger charge is 2.13. The van der Waals surface area contributed by atoms with E-state index in [2.05, 4.69) is 30.5 Å². The Kier molecular flexibility index (Phi) is 8.42. The van der Waals surface area contributed by atoms with Gasteiger partial charge in [0.15, 0.2) is 0 Å². The van der Waals surface area contributed by atoms with Gasteiger partial charge in [0.05, 0.1) is 18.3 Å². The van der Waals surface area contributed by atoms with Crippen molar-refractivity contribution in [2.75, 3.05) is 6.61 Å². The van der Waals surface area contributed by atoms with Crippen molar-refractivity contribution < 1.29 is 4.74 Å². The van der Waals surface area contributed by atoms with Gasteiger partial charge in [-0.05, 0) is 44.4 Å². The molecular weight excluding hydrogens is 328 g/mol. The molecule has 1 aromatic carbocycles. The Balaban J connectivity index is 2.07. The molecule has 2 aromatic rings. The van der Waals surface area contributed by atoms with Crippen LogP contribution in [0, 0.1) is 0 Å². The molecule has 0 aliphatic rings. The third kappa shape index (κ3) is 6.12. The minimum atomic E-state index is -0.0272. The zero-order valence-corrected chi connectivity index (χ0v) is 16.7. The van der Waals surface area contributed by atoms with Crippen molar-refractivity contribution in [3.05, 3.63) is 34.2 Å². The molecule has 1 aromatic heterocycles. The van der Waals surface area contributed by atoms with Crippen LogP contribution in [0.3, 0.4) is 0 Å². The Labute approximate surface area is 156 Å². The number of hydrogen-bond acceptors (Lipinski definition) is 4. The van der Waals surface area contributed by atoms with Crippen LogP contribution in [0.15, 0.2) is 23.6 Å². The molecule has 0 aliphatic carbocycles. The van der Waals surface area contributed by atoms with E-state index < -0.39 is 0 Å². The van der Waals surface area contributed by atoms with E-state index in [1.54, 1.807) is 11.3 Å². The Morgan fingerprint density at radius 1 is 1.12 bits per heavy atom. The monoisotopic (exact) mass is 360 g/mol. The number of aryl methyl sites for hydroxylation is 1. The van der Waals surface area contributed by atoms with Gasteiger partial charge in [0, 0.05) is 10.9 Å². The molecule has 4 heteroatoms. The summed E-state index contributed by atoms with van der Waals surface area (Å²) >= 11 is 1.62. The predicted molar refractivity (Wildman–Crippen MR) is 108 cm³/mol. The molecule has 0 fully saturated rings. The summed E-state index contributed by atoms with van der Waals surface area (Å²) in [7, 11) is 0. The van der Waals surface area contributed by atoms with Gasteiger partial charge >= 0.3 is 0 Å². The maximum atomic E-state index is 5.96. The second kappa shape index (κ2) is 10.6. The Bertz CT molecular complexity index is 637. The van der Waals surface area contributed by atoms with Crippen molar-refractivity contribution >= 4 is 11.3 Å². The highest BCUT2D eigenvalue weighted by Crippen LogP contribution is 2.33. The van der Waals surface area contributed by atoms with Crippen LogP contribution in [-0.2, 0) is 6.42 Å². The van der Waals surface area contributed by atoms with E-state index in [-0.39, 0.29) is 6.04 Å². The number of ether oxygens (including phenoxy) is 1. The molecule has 0 saturated carbocycles. The third-order valence-corrected chi connectivity index (χ3v) is 5.40. The number of unbranched alkanes of at least 4 members (excludes halogenated alkanes) is 5. The normalized spacial score (nSPS) is 12.3. The first-order valence-electron chi connectivity index (χ1n) is 9.62. The zero-order chi connectivity index (χ0) is 18.1. The lowest BCUT2D eigenvalue weighted by Crippen LogP contribution is -2.04. The first-order valence-corrected chi connectivity index (χ1v) is 10.5. The van der Waals surface area contributed by atoms with Crippen molar-refractivity contribution in [1.82, 2.24) is 4.98 Å². The van der Waals surface area contributed by atoms with Gasteiger partial charge in [-0.1, -0.05) is 45.1 Å². The largest absolute Gasteiger partial charge is 0.493 e. The van der Waals surface area contributed by atoms with Crippen LogP contribution in [0.4, 0.5) is 0 Å². The fraction of sp³-hybridized carbons (Fsp3) is 0.571. The fourth-order valence-electron chi connectivity index (χ4n) is 2.94. The maximum Gasteiger partial charge on any atom is 0.128 e. The van der Waals surface area contributed by atoms with Crippen molar-refractivity contribution in [1.29, 1.82) is 0 Å². The van der Waals surface area contributed by atoms with E-state index in [9.17, 15) is 0 Å². The number of nitrogens with two attached hydrogens (primary N) is 1. The van der Waals surface area contributed by atoms with Gasteiger partial charge < -0.3 is 10.5 Å². The average molecular weight is 361 g/mol. The van der Waals surface area contributed by atoms with Gasteiger partial charge in [-0.25, -0.2) is 4.98 Å². The van der Waals surface area contributed by atoms with E-state index in [1.807, 2.05) is 13.8 Å². The molecule has 0 aliphatic heterocycles. The summed E-state index contributed by atoms with van der Waals surface area (Å²) in [5, 5.41) is 3.06. The minimum Gasteiger partial charge on any atom is -0.493 e. The molecule has 3 nitrogen and oxygen atoms in total. The standard InChI is InChI=1S/C21H32N2OS/c1-4-6-7-8-9-10-11-17-12-13-20(24-5-2)18(14-17)19-15-25-21(23-19)16(3)22/h12-16H,4-11,22H2,1-3H3. The van der Waals surface area contributed by atoms with Crippen molar-refractivity contribution in [2.24, 2.45) is 5.73 Å². The first-order chi connectivity index (χ1) is 12.2. The number of rotatable bonds is 11. The number of hydrogen-bond donors (Lipinski definition) is 1. The maximum absolute atomic E-state index is 5.96. The third-order valence-electron chi connectivity index (χ3n) is 4.35. The van der Waals surface area contributed by atoms with E-state index in [0.717, 1.165) is 28.4 Å². The minimum absolute atomic E-state index is 0.0272. The van der Waals surface area contributed by atoms with Gasteiger partial charge in [-0.2, -0.15) is 0 Å². The molecule has 2 rings (SSSR count). The molecule has 0 saturated heterocycles. The number of nitrogens with zero attached hydrogens (tertiary/aromatic N) is 1. The van der Waals surface area contributed by atoms with E-state index in [4.69, 9.17) is 15.5 Å². The number of thiazole rings is 1. The summed E-state index contributed by atoms with van der Waals surface area (Å²) < 4.78 is 5.82. The summed E-state index contributed by atoms with van der Waals surface area (Å²) in [6.45, 7) is 6.91. The summed E-state index contributed by atoms with van der Waals surface area (Å²) in [5.74, 6) is 0.913. The van der Waals surface area contributed by atoms with Crippen LogP contribution in [0.2, 0.25) is 0 Å². The van der Waals surface area contributed by atoms with Gasteiger partial charge in [-0.15, -0.1) is 11.3 Å². The lowest BCUT2D eigenvalue weighted by Gasteiger charge is -2.11. The highest BCUT2D eigenvalue weighted by atomic mass is 32.1. The summed E-state index contributed by atoms with van der Waals surface area (Å²) in [6, 6.07) is 6.51. The molecule has 0 spiro atoms. The molecule has 1 unspecified atom stereocenters. The van der Waals surface area contributed by atoms with E-state index in [1.165, 1.54) is 44.1 Å². The van der Waals surface area contributed by atoms with Crippen LogP contribution in [0.25, 0.3) is 11.3 Å². The van der Waals surface area contributed by atoms with Gasteiger partial charge in [-0.3, -0.25) is 0 Å². The van der Waals surface area contributed by atoms with Crippen LogP contribution < -0.4 is 10.5 Å². The smallest absolute Gasteiger partial charge is 0.128 e. The molecule has 2 N–H and O–H groups in total. The van der Waals surface area contributed by atoms with Crippen molar-refractivity contribution in [3.63, 3.8) is 0 Å². The fourth-order valence-corrected chi connectivity index (χ4v) is 3.72. The zero-order valence-electron chi connectivity index (χ0n) is 15.9. The number of aromatic nitrogens is 1. The average Bonchev–Trinajstić information content (AvgIpc) is 3.09. The molecular formula is C21H32N2OS. The van der Waals surface area contributed by atoms with Gasteiger partial charge in [0.1, 0.15) is 10.8 Å². The molecule has 0 bridgehead atoms. The van der Waals surface area contributed by atoms with E-state index >= 15 is 0 Å². The molecule has 1 heterocycles. The molecule has 0 amide bonds. The first kappa shape index (κ1) is 19.9. The topological polar surface area (TPSA) is 48.1 Å². The van der Waals surface area contributed by atoms with Crippen LogP contribution in [-0.4, -0.2) is 11.6 Å². The molecule has 25 heavy (non-hydrogen) atoms. The Morgan fingerprint density at radius 2 is 1.88 bits per heavy atom. The second-order valence-electron chi connectivity index (χ2n) is 6.64. The van der Waals surface area contributed by atoms with Crippen LogP contribution >= 0.6 is 11.3 Å². The van der Waals surface area contributed by atoms with Gasteiger partial charge in [0.25, 0.3) is 0 Å². The second-order valence-corrected chi connectivity index (χ2v) is 7.53. The summed E-state index contributed by atoms with van der Waals surface area (Å²) in [4.78, 5) is 4.71. The molecule has 1 atom stereocenters. The molecule has 138 valence electrons. The molecule has 0 radical (unpaired) electrons. The van der Waals surface area contributed by atoms with Crippen LogP contribution in [0.5, 0.6) is 5.75 Å². The lowest BCUT2D eigenvalue weighted by atomic mass is 10.0. The summed E-state index contributed by atoms with van der Waals surface area (Å²) in [6.07, 6.45) is 9.06.